The molecule has 1 heterocycles. The molecule has 1 aliphatic heterocycles. The lowest BCUT2D eigenvalue weighted by Crippen LogP contribution is -3.10. The van der Waals surface area contributed by atoms with Crippen molar-refractivity contribution < 1.29 is 19.1 Å². The lowest BCUT2D eigenvalue weighted by atomic mass is 10.3. The monoisotopic (exact) mass is 266 g/mol. The van der Waals surface area contributed by atoms with Gasteiger partial charge in [0.1, 0.15) is 24.7 Å². The molecule has 106 valence electrons. The Morgan fingerprint density at radius 3 is 2.32 bits per heavy atom. The molecule has 0 atom stereocenters. The van der Waals surface area contributed by atoms with Crippen LogP contribution in [0.15, 0.2) is 24.3 Å². The third-order valence-corrected chi connectivity index (χ3v) is 3.47. The van der Waals surface area contributed by atoms with Crippen molar-refractivity contribution >= 4 is 0 Å². The van der Waals surface area contributed by atoms with Crippen LogP contribution in [-0.2, 0) is 4.74 Å². The minimum atomic E-state index is 0.599. The first-order valence-electron chi connectivity index (χ1n) is 7.06. The summed E-state index contributed by atoms with van der Waals surface area (Å²) in [4.78, 5) is 1.68. The summed E-state index contributed by atoms with van der Waals surface area (Å²) in [5, 5.41) is 0. The van der Waals surface area contributed by atoms with Gasteiger partial charge in [0, 0.05) is 12.8 Å². The maximum Gasteiger partial charge on any atom is 0.119 e. The maximum absolute atomic E-state index is 5.59. The van der Waals surface area contributed by atoms with Gasteiger partial charge in [0.25, 0.3) is 0 Å². The highest BCUT2D eigenvalue weighted by molar-refractivity contribution is 5.31. The van der Waals surface area contributed by atoms with Crippen LogP contribution in [0.3, 0.4) is 0 Å². The van der Waals surface area contributed by atoms with E-state index in [0.29, 0.717) is 13.2 Å². The number of methoxy groups -OCH3 is 1. The van der Waals surface area contributed by atoms with Gasteiger partial charge in [-0.05, 0) is 24.3 Å². The molecule has 1 N–H and O–H groups in total. The Morgan fingerprint density at radius 1 is 0.947 bits per heavy atom. The average Bonchev–Trinajstić information content (AvgIpc) is 2.96. The van der Waals surface area contributed by atoms with Crippen LogP contribution in [0, 0.1) is 0 Å². The van der Waals surface area contributed by atoms with E-state index in [0.717, 1.165) is 24.7 Å². The molecule has 1 fully saturated rings. The van der Waals surface area contributed by atoms with E-state index in [1.165, 1.54) is 25.9 Å². The summed E-state index contributed by atoms with van der Waals surface area (Å²) in [6, 6.07) is 7.61. The SMILES string of the molecule is COc1ccc(OCCOCC[NH+]2CCCC2)cc1. The Labute approximate surface area is 115 Å². The van der Waals surface area contributed by atoms with Crippen LogP contribution in [0.1, 0.15) is 12.8 Å². The van der Waals surface area contributed by atoms with E-state index in [1.54, 1.807) is 12.0 Å². The lowest BCUT2D eigenvalue weighted by molar-refractivity contribution is -0.887. The van der Waals surface area contributed by atoms with Gasteiger partial charge < -0.3 is 19.1 Å². The molecule has 0 spiro atoms. The number of likely N-dealkylation sites (tertiary alicyclic amines) is 1. The zero-order chi connectivity index (χ0) is 13.3. The minimum absolute atomic E-state index is 0.599. The number of hydrogen-bond donors (Lipinski definition) is 1. The van der Waals surface area contributed by atoms with E-state index in [-0.39, 0.29) is 0 Å². The van der Waals surface area contributed by atoms with Crippen molar-refractivity contribution in [2.24, 2.45) is 0 Å². The Bertz CT molecular complexity index is 347. The Hall–Kier alpha value is -1.26. The number of benzene rings is 1. The Balaban J connectivity index is 1.51. The molecule has 0 aliphatic carbocycles. The topological polar surface area (TPSA) is 32.1 Å². The van der Waals surface area contributed by atoms with Gasteiger partial charge in [-0.15, -0.1) is 0 Å². The van der Waals surface area contributed by atoms with Crippen molar-refractivity contribution in [3.63, 3.8) is 0 Å². The molecule has 1 aliphatic rings. The molecular formula is C15H24NO3+. The first-order valence-corrected chi connectivity index (χ1v) is 7.06. The van der Waals surface area contributed by atoms with E-state index < -0.39 is 0 Å². The van der Waals surface area contributed by atoms with Crippen molar-refractivity contribution in [1.29, 1.82) is 0 Å². The number of ether oxygens (including phenoxy) is 3. The molecule has 1 saturated heterocycles. The molecule has 19 heavy (non-hydrogen) atoms. The van der Waals surface area contributed by atoms with Gasteiger partial charge >= 0.3 is 0 Å². The Morgan fingerprint density at radius 2 is 1.63 bits per heavy atom. The van der Waals surface area contributed by atoms with Crippen LogP contribution >= 0.6 is 0 Å². The van der Waals surface area contributed by atoms with Gasteiger partial charge in [0.15, 0.2) is 0 Å². The molecule has 4 nitrogen and oxygen atoms in total. The third kappa shape index (κ3) is 5.09. The molecule has 0 unspecified atom stereocenters. The molecule has 4 heteroatoms. The number of quaternary nitrogens is 1. The minimum Gasteiger partial charge on any atom is -0.497 e. The van der Waals surface area contributed by atoms with E-state index in [9.17, 15) is 0 Å². The summed E-state index contributed by atoms with van der Waals surface area (Å²) in [6.07, 6.45) is 2.74. The second-order valence-electron chi connectivity index (χ2n) is 4.84. The summed E-state index contributed by atoms with van der Waals surface area (Å²) in [6.45, 7) is 5.84. The van der Waals surface area contributed by atoms with Crippen LogP contribution in [-0.4, -0.2) is 46.6 Å². The first kappa shape index (κ1) is 14.2. The molecule has 0 amide bonds. The number of rotatable bonds is 8. The highest BCUT2D eigenvalue weighted by Crippen LogP contribution is 2.16. The van der Waals surface area contributed by atoms with E-state index >= 15 is 0 Å². The van der Waals surface area contributed by atoms with E-state index in [2.05, 4.69) is 0 Å². The van der Waals surface area contributed by atoms with Crippen molar-refractivity contribution in [3.8, 4) is 11.5 Å². The van der Waals surface area contributed by atoms with Gasteiger partial charge in [0.05, 0.1) is 33.4 Å². The van der Waals surface area contributed by atoms with Gasteiger partial charge in [-0.3, -0.25) is 0 Å². The van der Waals surface area contributed by atoms with E-state index in [4.69, 9.17) is 14.2 Å². The van der Waals surface area contributed by atoms with E-state index in [1.807, 2.05) is 24.3 Å². The Kier molecular flexibility index (Phi) is 5.98. The summed E-state index contributed by atoms with van der Waals surface area (Å²) in [5.41, 5.74) is 0. The predicted molar refractivity (Wildman–Crippen MR) is 74.1 cm³/mol. The van der Waals surface area contributed by atoms with Crippen LogP contribution in [0.2, 0.25) is 0 Å². The van der Waals surface area contributed by atoms with Crippen molar-refractivity contribution in [3.05, 3.63) is 24.3 Å². The molecule has 1 aromatic rings. The zero-order valence-electron chi connectivity index (χ0n) is 11.7. The highest BCUT2D eigenvalue weighted by atomic mass is 16.5. The second-order valence-corrected chi connectivity index (χ2v) is 4.84. The number of nitrogens with one attached hydrogen (secondary N) is 1. The highest BCUT2D eigenvalue weighted by Gasteiger charge is 2.13. The maximum atomic E-state index is 5.59. The third-order valence-electron chi connectivity index (χ3n) is 3.47. The molecule has 0 saturated carbocycles. The number of hydrogen-bond acceptors (Lipinski definition) is 3. The average molecular weight is 266 g/mol. The smallest absolute Gasteiger partial charge is 0.119 e. The van der Waals surface area contributed by atoms with Gasteiger partial charge in [-0.2, -0.15) is 0 Å². The summed E-state index contributed by atoms with van der Waals surface area (Å²) >= 11 is 0. The molecule has 0 bridgehead atoms. The van der Waals surface area contributed by atoms with Crippen molar-refractivity contribution in [1.82, 2.24) is 0 Å². The zero-order valence-corrected chi connectivity index (χ0v) is 11.7. The molecular weight excluding hydrogens is 242 g/mol. The van der Waals surface area contributed by atoms with Crippen molar-refractivity contribution in [2.45, 2.75) is 12.8 Å². The van der Waals surface area contributed by atoms with Gasteiger partial charge in [-0.1, -0.05) is 0 Å². The van der Waals surface area contributed by atoms with Crippen LogP contribution in [0.5, 0.6) is 11.5 Å². The predicted octanol–water partition coefficient (Wildman–Crippen LogP) is 0.769. The molecule has 0 aromatic heterocycles. The van der Waals surface area contributed by atoms with Gasteiger partial charge in [-0.25, -0.2) is 0 Å². The normalized spacial score (nSPS) is 15.6. The standard InChI is InChI=1S/C15H23NO3/c1-17-14-4-6-15(7-5-14)19-13-12-18-11-10-16-8-2-3-9-16/h4-7H,2-3,8-13H2,1H3/p+1. The fourth-order valence-corrected chi connectivity index (χ4v) is 2.33. The second kappa shape index (κ2) is 8.02. The van der Waals surface area contributed by atoms with Crippen LogP contribution in [0.25, 0.3) is 0 Å². The van der Waals surface area contributed by atoms with Crippen LogP contribution < -0.4 is 14.4 Å². The lowest BCUT2D eigenvalue weighted by Gasteiger charge is -2.12. The molecule has 0 radical (unpaired) electrons. The fourth-order valence-electron chi connectivity index (χ4n) is 2.33. The molecule has 1 aromatic carbocycles. The summed E-state index contributed by atoms with van der Waals surface area (Å²) < 4.78 is 16.3. The largest absolute Gasteiger partial charge is 0.497 e. The quantitative estimate of drug-likeness (QED) is 0.705. The summed E-state index contributed by atoms with van der Waals surface area (Å²) in [5.74, 6) is 1.70. The van der Waals surface area contributed by atoms with Crippen LogP contribution in [0.4, 0.5) is 0 Å². The fraction of sp³-hybridized carbons (Fsp3) is 0.600. The summed E-state index contributed by atoms with van der Waals surface area (Å²) in [7, 11) is 1.66. The van der Waals surface area contributed by atoms with Crippen molar-refractivity contribution in [2.75, 3.05) is 46.6 Å². The first-order chi connectivity index (χ1) is 9.38. The molecule has 2 rings (SSSR count). The van der Waals surface area contributed by atoms with Gasteiger partial charge in [0.2, 0.25) is 0 Å².